The number of H-pyrrole nitrogens is 1. The highest BCUT2D eigenvalue weighted by Gasteiger charge is 2.20. The molecule has 0 saturated carbocycles. The average Bonchev–Trinajstić information content (AvgIpc) is 2.46. The molecule has 0 radical (unpaired) electrons. The lowest BCUT2D eigenvalue weighted by atomic mass is 10.2. The van der Waals surface area contributed by atoms with Crippen LogP contribution in [0, 0.1) is 11.3 Å². The maximum atomic E-state index is 11.9. The van der Waals surface area contributed by atoms with E-state index in [0.29, 0.717) is 17.3 Å². The molecule has 6 nitrogen and oxygen atoms in total. The third kappa shape index (κ3) is 4.60. The number of hydrogen-bond acceptors (Lipinski definition) is 6. The van der Waals surface area contributed by atoms with Crippen molar-refractivity contribution in [2.45, 2.75) is 57.0 Å². The number of esters is 1. The van der Waals surface area contributed by atoms with Crippen molar-refractivity contribution in [1.82, 2.24) is 9.97 Å². The molecule has 0 aliphatic rings. The molecule has 0 unspecified atom stereocenters. The van der Waals surface area contributed by atoms with Crippen LogP contribution in [0.25, 0.3) is 0 Å². The third-order valence-corrected chi connectivity index (χ3v) is 3.89. The predicted octanol–water partition coefficient (Wildman–Crippen LogP) is 2.03. The summed E-state index contributed by atoms with van der Waals surface area (Å²) in [5.41, 5.74) is -0.0164. The summed E-state index contributed by atoms with van der Waals surface area (Å²) in [6.07, 6.45) is 1.08. The number of aryl methyl sites for hydroxylation is 1. The Bertz CT molecular complexity index is 606. The molecule has 1 rings (SSSR count). The number of carbonyl (C=O) groups excluding carboxylic acids is 1. The van der Waals surface area contributed by atoms with Crippen molar-refractivity contribution in [3.63, 3.8) is 0 Å². The first-order valence-electron chi connectivity index (χ1n) is 6.83. The first-order chi connectivity index (χ1) is 9.92. The van der Waals surface area contributed by atoms with E-state index in [9.17, 15) is 9.59 Å². The van der Waals surface area contributed by atoms with Crippen LogP contribution < -0.4 is 5.56 Å². The summed E-state index contributed by atoms with van der Waals surface area (Å²) in [7, 11) is 0. The second kappa shape index (κ2) is 7.84. The van der Waals surface area contributed by atoms with Crippen molar-refractivity contribution < 1.29 is 9.53 Å². The molecule has 1 aromatic heterocycles. The Morgan fingerprint density at radius 3 is 2.67 bits per heavy atom. The van der Waals surface area contributed by atoms with Gasteiger partial charge in [0.25, 0.3) is 5.56 Å². The molecule has 1 aromatic rings. The summed E-state index contributed by atoms with van der Waals surface area (Å²) in [4.78, 5) is 30.4. The number of carbonyl (C=O) groups is 1. The minimum absolute atomic E-state index is 0.0247. The smallest absolute Gasteiger partial charge is 0.319 e. The fourth-order valence-corrected chi connectivity index (χ4v) is 2.32. The van der Waals surface area contributed by atoms with E-state index in [4.69, 9.17) is 10.00 Å². The molecule has 0 saturated heterocycles. The Labute approximate surface area is 127 Å². The molecule has 0 aliphatic heterocycles. The van der Waals surface area contributed by atoms with Crippen LogP contribution >= 0.6 is 11.8 Å². The lowest BCUT2D eigenvalue weighted by Crippen LogP contribution is -2.23. The average molecular weight is 309 g/mol. The van der Waals surface area contributed by atoms with Gasteiger partial charge in [0, 0.05) is 0 Å². The van der Waals surface area contributed by atoms with Crippen molar-refractivity contribution in [3.8, 4) is 6.07 Å². The SMILES string of the molecule is CCc1nc(S[C@H](C)C(=O)O[C@@H](C)CC)[nH]c(=O)c1C#N. The van der Waals surface area contributed by atoms with E-state index in [1.165, 1.54) is 0 Å². The van der Waals surface area contributed by atoms with Crippen LogP contribution in [0.15, 0.2) is 9.95 Å². The van der Waals surface area contributed by atoms with Crippen LogP contribution in [-0.4, -0.2) is 27.3 Å². The Hall–Kier alpha value is -1.81. The number of rotatable bonds is 6. The first kappa shape index (κ1) is 17.2. The van der Waals surface area contributed by atoms with Crippen molar-refractivity contribution in [2.24, 2.45) is 0 Å². The quantitative estimate of drug-likeness (QED) is 0.490. The van der Waals surface area contributed by atoms with Crippen molar-refractivity contribution in [2.75, 3.05) is 0 Å². The van der Waals surface area contributed by atoms with Gasteiger partial charge in [0.2, 0.25) is 0 Å². The fourth-order valence-electron chi connectivity index (χ4n) is 1.52. The molecule has 2 atom stereocenters. The first-order valence-corrected chi connectivity index (χ1v) is 7.71. The summed E-state index contributed by atoms with van der Waals surface area (Å²) < 4.78 is 5.23. The van der Waals surface area contributed by atoms with Gasteiger partial charge in [0.15, 0.2) is 5.16 Å². The summed E-state index contributed by atoms with van der Waals surface area (Å²) >= 11 is 1.12. The Kier molecular flexibility index (Phi) is 6.43. The lowest BCUT2D eigenvalue weighted by Gasteiger charge is -2.15. The number of aromatic amines is 1. The molecule has 0 aromatic carbocycles. The van der Waals surface area contributed by atoms with E-state index in [2.05, 4.69) is 9.97 Å². The third-order valence-electron chi connectivity index (χ3n) is 2.93. The maximum Gasteiger partial charge on any atom is 0.319 e. The molecule has 7 heteroatoms. The minimum atomic E-state index is -0.486. The van der Waals surface area contributed by atoms with Gasteiger partial charge in [-0.1, -0.05) is 25.6 Å². The highest BCUT2D eigenvalue weighted by molar-refractivity contribution is 8.00. The van der Waals surface area contributed by atoms with E-state index in [-0.39, 0.29) is 17.6 Å². The zero-order chi connectivity index (χ0) is 16.0. The van der Waals surface area contributed by atoms with E-state index >= 15 is 0 Å². The molecule has 0 bridgehead atoms. The van der Waals surface area contributed by atoms with Crippen LogP contribution in [0.4, 0.5) is 0 Å². The summed E-state index contributed by atoms with van der Waals surface area (Å²) in [6, 6.07) is 1.84. The van der Waals surface area contributed by atoms with E-state index < -0.39 is 10.8 Å². The van der Waals surface area contributed by atoms with Crippen molar-refractivity contribution in [1.29, 1.82) is 5.26 Å². The van der Waals surface area contributed by atoms with Crippen LogP contribution in [0.3, 0.4) is 0 Å². The van der Waals surface area contributed by atoms with Gasteiger partial charge in [-0.15, -0.1) is 0 Å². The molecule has 1 heterocycles. The Morgan fingerprint density at radius 2 is 2.14 bits per heavy atom. The standard InChI is InChI=1S/C14H19N3O3S/c1-5-8(3)20-13(19)9(4)21-14-16-11(6-2)10(7-15)12(18)17-14/h8-9H,5-6H2,1-4H3,(H,16,17,18)/t8-,9+/m0/s1. The number of hydrogen-bond donors (Lipinski definition) is 1. The number of nitriles is 1. The van der Waals surface area contributed by atoms with Crippen LogP contribution in [0.2, 0.25) is 0 Å². The van der Waals surface area contributed by atoms with Crippen molar-refractivity contribution in [3.05, 3.63) is 21.6 Å². The van der Waals surface area contributed by atoms with E-state index in [1.807, 2.05) is 26.8 Å². The lowest BCUT2D eigenvalue weighted by molar-refractivity contribution is -0.147. The largest absolute Gasteiger partial charge is 0.462 e. The zero-order valence-corrected chi connectivity index (χ0v) is 13.4. The molecule has 0 spiro atoms. The van der Waals surface area contributed by atoms with Gasteiger partial charge >= 0.3 is 5.97 Å². The minimum Gasteiger partial charge on any atom is -0.462 e. The molecule has 0 aliphatic carbocycles. The van der Waals surface area contributed by atoms with Gasteiger partial charge in [0.05, 0.1) is 11.8 Å². The van der Waals surface area contributed by atoms with Crippen LogP contribution in [0.1, 0.15) is 45.4 Å². The number of thioether (sulfide) groups is 1. The Balaban J connectivity index is 2.89. The van der Waals surface area contributed by atoms with Gasteiger partial charge in [-0.2, -0.15) is 5.26 Å². The van der Waals surface area contributed by atoms with E-state index in [1.54, 1.807) is 6.92 Å². The molecule has 0 amide bonds. The van der Waals surface area contributed by atoms with Crippen LogP contribution in [0.5, 0.6) is 0 Å². The highest BCUT2D eigenvalue weighted by atomic mass is 32.2. The molecule has 1 N–H and O–H groups in total. The molecule has 21 heavy (non-hydrogen) atoms. The van der Waals surface area contributed by atoms with Gasteiger partial charge in [-0.3, -0.25) is 9.59 Å². The topological polar surface area (TPSA) is 95.8 Å². The number of nitrogens with one attached hydrogen (secondary N) is 1. The normalized spacial score (nSPS) is 13.3. The fraction of sp³-hybridized carbons (Fsp3) is 0.571. The number of nitrogens with zero attached hydrogens (tertiary/aromatic N) is 2. The summed E-state index contributed by atoms with van der Waals surface area (Å²) in [5.74, 6) is -0.348. The van der Waals surface area contributed by atoms with Gasteiger partial charge in [-0.05, 0) is 26.7 Å². The predicted molar refractivity (Wildman–Crippen MR) is 80.1 cm³/mol. The summed E-state index contributed by atoms with van der Waals surface area (Å²) in [6.45, 7) is 7.27. The number of ether oxygens (including phenoxy) is 1. The summed E-state index contributed by atoms with van der Waals surface area (Å²) in [5, 5.41) is 8.76. The van der Waals surface area contributed by atoms with Crippen molar-refractivity contribution >= 4 is 17.7 Å². The molecule has 114 valence electrons. The van der Waals surface area contributed by atoms with Gasteiger partial charge in [-0.25, -0.2) is 4.98 Å². The molecular weight excluding hydrogens is 290 g/mol. The van der Waals surface area contributed by atoms with Gasteiger partial charge < -0.3 is 9.72 Å². The Morgan fingerprint density at radius 1 is 1.48 bits per heavy atom. The molecule has 0 fully saturated rings. The molecular formula is C14H19N3O3S. The number of aromatic nitrogens is 2. The zero-order valence-electron chi connectivity index (χ0n) is 12.6. The van der Waals surface area contributed by atoms with Gasteiger partial charge in [0.1, 0.15) is 16.9 Å². The second-order valence-corrected chi connectivity index (χ2v) is 5.90. The second-order valence-electron chi connectivity index (χ2n) is 4.57. The highest BCUT2D eigenvalue weighted by Crippen LogP contribution is 2.21. The van der Waals surface area contributed by atoms with E-state index in [0.717, 1.165) is 18.2 Å². The monoisotopic (exact) mass is 309 g/mol. The van der Waals surface area contributed by atoms with Crippen LogP contribution in [-0.2, 0) is 16.0 Å². The maximum absolute atomic E-state index is 11.9.